The van der Waals surface area contributed by atoms with Crippen LogP contribution in [0.3, 0.4) is 0 Å². The van der Waals surface area contributed by atoms with Crippen molar-refractivity contribution in [1.82, 2.24) is 9.55 Å². The Morgan fingerprint density at radius 3 is 2.41 bits per heavy atom. The highest BCUT2D eigenvalue weighted by Gasteiger charge is 2.18. The van der Waals surface area contributed by atoms with Crippen LogP contribution in [0.25, 0.3) is 0 Å². The maximum atomic E-state index is 10.5. The number of hydrogen-bond donors (Lipinski definition) is 2. The van der Waals surface area contributed by atoms with E-state index in [2.05, 4.69) is 4.98 Å². The summed E-state index contributed by atoms with van der Waals surface area (Å²) in [6.07, 6.45) is 0.573. The van der Waals surface area contributed by atoms with Crippen molar-refractivity contribution in [1.29, 1.82) is 0 Å². The highest BCUT2D eigenvalue weighted by atomic mass is 16.6. The first-order valence-corrected chi connectivity index (χ1v) is 6.45. The van der Waals surface area contributed by atoms with Crippen LogP contribution < -0.4 is 0 Å². The number of carboxylic acids is 1. The largest absolute Gasteiger partial charge is 0.478 e. The molecule has 0 saturated heterocycles. The van der Waals surface area contributed by atoms with Gasteiger partial charge in [0.25, 0.3) is 0 Å². The van der Waals surface area contributed by atoms with E-state index in [9.17, 15) is 14.9 Å². The number of imidazole rings is 1. The lowest BCUT2D eigenvalue weighted by Crippen LogP contribution is -2.14. The summed E-state index contributed by atoms with van der Waals surface area (Å²) in [4.78, 5) is 24.0. The van der Waals surface area contributed by atoms with Crippen LogP contribution >= 0.6 is 0 Å². The molecule has 22 heavy (non-hydrogen) atoms. The van der Waals surface area contributed by atoms with Crippen LogP contribution in [0.5, 0.6) is 0 Å². The van der Waals surface area contributed by atoms with E-state index < -0.39 is 17.0 Å². The van der Waals surface area contributed by atoms with E-state index >= 15 is 0 Å². The number of hydrogen-bond acceptors (Lipinski definition) is 5. The zero-order valence-electron chi connectivity index (χ0n) is 12.2. The van der Waals surface area contributed by atoms with Crippen LogP contribution in [0.1, 0.15) is 23.1 Å². The minimum Gasteiger partial charge on any atom is -0.478 e. The summed E-state index contributed by atoms with van der Waals surface area (Å²) >= 11 is 0. The summed E-state index contributed by atoms with van der Waals surface area (Å²) in [5.74, 6) is -0.429. The summed E-state index contributed by atoms with van der Waals surface area (Å²) in [6, 6.07) is 8.30. The molecule has 1 aromatic carbocycles. The third kappa shape index (κ3) is 4.98. The molecule has 1 heterocycles. The molecule has 0 aliphatic rings. The summed E-state index contributed by atoms with van der Waals surface area (Å²) in [5.41, 5.74) is 0.331. The summed E-state index contributed by atoms with van der Waals surface area (Å²) < 4.78 is 1.38. The quantitative estimate of drug-likeness (QED) is 0.657. The van der Waals surface area contributed by atoms with E-state index in [0.717, 1.165) is 0 Å². The smallest absolute Gasteiger partial charge is 0.342 e. The van der Waals surface area contributed by atoms with E-state index in [1.807, 2.05) is 0 Å². The number of rotatable bonds is 4. The van der Waals surface area contributed by atoms with Crippen LogP contribution in [0, 0.1) is 17.0 Å². The van der Waals surface area contributed by atoms with Gasteiger partial charge in [0.15, 0.2) is 5.82 Å². The number of nitrogens with zero attached hydrogens (tertiary/aromatic N) is 3. The lowest BCUT2D eigenvalue weighted by atomic mass is 10.2. The lowest BCUT2D eigenvalue weighted by molar-refractivity contribution is -0.392. The molecule has 0 radical (unpaired) electrons. The molecule has 1 aromatic heterocycles. The molecule has 0 amide bonds. The summed E-state index contributed by atoms with van der Waals surface area (Å²) in [6.45, 7) is 3.43. The Labute approximate surface area is 126 Å². The first-order valence-electron chi connectivity index (χ1n) is 6.45. The molecule has 0 spiro atoms. The molecule has 0 fully saturated rings. The number of aryl methyl sites for hydroxylation is 1. The topological polar surface area (TPSA) is 118 Å². The summed E-state index contributed by atoms with van der Waals surface area (Å²) in [7, 11) is 0. The number of aromatic carboxylic acids is 1. The number of aromatic nitrogens is 2. The fourth-order valence-corrected chi connectivity index (χ4v) is 1.67. The molecule has 2 rings (SSSR count). The molecule has 8 heteroatoms. The van der Waals surface area contributed by atoms with Gasteiger partial charge in [0, 0.05) is 6.92 Å². The minimum absolute atomic E-state index is 0.0848. The molecule has 0 aliphatic heterocycles. The second-order valence-corrected chi connectivity index (χ2v) is 4.55. The van der Waals surface area contributed by atoms with Crippen LogP contribution in [0.2, 0.25) is 0 Å². The van der Waals surface area contributed by atoms with E-state index in [4.69, 9.17) is 10.2 Å². The van der Waals surface area contributed by atoms with E-state index in [-0.39, 0.29) is 12.4 Å². The van der Waals surface area contributed by atoms with Gasteiger partial charge in [0.2, 0.25) is 0 Å². The number of carbonyl (C=O) groups is 1. The van der Waals surface area contributed by atoms with Crippen LogP contribution in [0.4, 0.5) is 5.82 Å². The van der Waals surface area contributed by atoms with Crippen molar-refractivity contribution in [2.75, 3.05) is 0 Å². The number of carboxylic acid groups (broad SMARTS) is 1. The fraction of sp³-hybridized carbons (Fsp3) is 0.286. The third-order valence-electron chi connectivity index (χ3n) is 2.69. The molecule has 2 aromatic rings. The highest BCUT2D eigenvalue weighted by molar-refractivity contribution is 5.87. The van der Waals surface area contributed by atoms with Crippen LogP contribution in [-0.4, -0.2) is 36.8 Å². The third-order valence-corrected chi connectivity index (χ3v) is 2.69. The van der Waals surface area contributed by atoms with Gasteiger partial charge in [-0.05, 0) is 24.0 Å². The van der Waals surface area contributed by atoms with Gasteiger partial charge in [0.05, 0.1) is 11.7 Å². The first-order chi connectivity index (χ1) is 10.3. The van der Waals surface area contributed by atoms with Crippen molar-refractivity contribution in [2.24, 2.45) is 0 Å². The Balaban J connectivity index is 0.000000235. The van der Waals surface area contributed by atoms with Gasteiger partial charge < -0.3 is 20.3 Å². The van der Waals surface area contributed by atoms with Crippen molar-refractivity contribution in [3.8, 4) is 0 Å². The molecule has 8 nitrogen and oxygen atoms in total. The number of benzene rings is 1. The maximum Gasteiger partial charge on any atom is 0.342 e. The summed E-state index contributed by atoms with van der Waals surface area (Å²) in [5, 5.41) is 27.9. The van der Waals surface area contributed by atoms with Gasteiger partial charge in [-0.25, -0.2) is 14.3 Å². The van der Waals surface area contributed by atoms with E-state index in [1.54, 1.807) is 44.2 Å². The number of aliphatic hydroxyl groups is 1. The van der Waals surface area contributed by atoms with Gasteiger partial charge in [-0.2, -0.15) is 0 Å². The monoisotopic (exact) mass is 307 g/mol. The standard InChI is InChI=1S/C7H11N3O3.C7H6O2/c1-5(11)4-9-6(2)8-3-7(9)10(12)13;8-7(9)6-4-2-1-3-5-6/h3,5,11H,4H2,1-2H3;1-5H,(H,8,9). The molecule has 1 unspecified atom stereocenters. The second-order valence-electron chi connectivity index (χ2n) is 4.55. The molecule has 2 N–H and O–H groups in total. The zero-order valence-corrected chi connectivity index (χ0v) is 12.2. The van der Waals surface area contributed by atoms with Crippen molar-refractivity contribution in [3.05, 3.63) is 58.0 Å². The van der Waals surface area contributed by atoms with Crippen molar-refractivity contribution in [3.63, 3.8) is 0 Å². The van der Waals surface area contributed by atoms with Crippen LogP contribution in [0.15, 0.2) is 36.5 Å². The SMILES string of the molecule is Cc1ncc([N+](=O)[O-])n1CC(C)O.O=C(O)c1ccccc1. The molecule has 1 atom stereocenters. The Morgan fingerprint density at radius 1 is 1.41 bits per heavy atom. The second kappa shape index (κ2) is 7.89. The Hall–Kier alpha value is -2.74. The molecule has 0 saturated carbocycles. The zero-order chi connectivity index (χ0) is 16.7. The molecule has 0 bridgehead atoms. The lowest BCUT2D eigenvalue weighted by Gasteiger charge is -2.04. The Bertz CT molecular complexity index is 637. The Kier molecular flexibility index (Phi) is 6.21. The fourth-order valence-electron chi connectivity index (χ4n) is 1.67. The highest BCUT2D eigenvalue weighted by Crippen LogP contribution is 2.13. The molecular formula is C14H17N3O5. The minimum atomic E-state index is -0.879. The molecule has 118 valence electrons. The van der Waals surface area contributed by atoms with Gasteiger partial charge in [0.1, 0.15) is 12.7 Å². The maximum absolute atomic E-state index is 10.5. The number of nitro groups is 1. The first kappa shape index (κ1) is 17.3. The molecule has 0 aliphatic carbocycles. The van der Waals surface area contributed by atoms with Gasteiger partial charge in [-0.15, -0.1) is 0 Å². The molecular weight excluding hydrogens is 290 g/mol. The number of aliphatic hydroxyl groups excluding tert-OH is 1. The normalized spacial score (nSPS) is 11.2. The van der Waals surface area contributed by atoms with Crippen molar-refractivity contribution >= 4 is 11.8 Å². The van der Waals surface area contributed by atoms with E-state index in [0.29, 0.717) is 11.4 Å². The predicted molar refractivity (Wildman–Crippen MR) is 78.7 cm³/mol. The average Bonchev–Trinajstić information content (AvgIpc) is 2.81. The van der Waals surface area contributed by atoms with Gasteiger partial charge in [-0.1, -0.05) is 18.2 Å². The Morgan fingerprint density at radius 2 is 2.00 bits per heavy atom. The van der Waals surface area contributed by atoms with Gasteiger partial charge >= 0.3 is 11.8 Å². The van der Waals surface area contributed by atoms with Crippen LogP contribution in [-0.2, 0) is 6.54 Å². The predicted octanol–water partition coefficient (Wildman–Crippen LogP) is 1.87. The average molecular weight is 307 g/mol. The van der Waals surface area contributed by atoms with Crippen molar-refractivity contribution in [2.45, 2.75) is 26.5 Å². The van der Waals surface area contributed by atoms with Gasteiger partial charge in [-0.3, -0.25) is 0 Å². The van der Waals surface area contributed by atoms with Crippen molar-refractivity contribution < 1.29 is 19.9 Å². The van der Waals surface area contributed by atoms with E-state index in [1.165, 1.54) is 10.8 Å².